The molecule has 1 saturated heterocycles. The van der Waals surface area contributed by atoms with Gasteiger partial charge >= 0.3 is 0 Å². The fourth-order valence-corrected chi connectivity index (χ4v) is 2.67. The molecule has 0 saturated carbocycles. The number of amides is 1. The average Bonchev–Trinajstić information content (AvgIpc) is 2.01. The van der Waals surface area contributed by atoms with E-state index in [1.807, 2.05) is 0 Å². The lowest BCUT2D eigenvalue weighted by atomic mass is 10.2. The van der Waals surface area contributed by atoms with E-state index >= 15 is 0 Å². The van der Waals surface area contributed by atoms with Crippen LogP contribution in [0.1, 0.15) is 6.92 Å². The van der Waals surface area contributed by atoms with Gasteiger partial charge < -0.3 is 10.2 Å². The summed E-state index contributed by atoms with van der Waals surface area (Å²) in [6.07, 6.45) is 1.19. The molecule has 0 aliphatic carbocycles. The third kappa shape index (κ3) is 3.26. The number of hydrogen-bond acceptors (Lipinski definition) is 4. The van der Waals surface area contributed by atoms with E-state index in [1.54, 1.807) is 11.8 Å². The number of nitrogens with zero attached hydrogens (tertiary/aromatic N) is 1. The molecule has 0 radical (unpaired) electrons. The Bertz CT molecular complexity index is 313. The first-order valence-electron chi connectivity index (χ1n) is 4.58. The van der Waals surface area contributed by atoms with Crippen LogP contribution in [0.2, 0.25) is 0 Å². The molecule has 1 aliphatic rings. The second-order valence-corrected chi connectivity index (χ2v) is 5.89. The van der Waals surface area contributed by atoms with Gasteiger partial charge in [-0.2, -0.15) is 0 Å². The fraction of sp³-hybridized carbons (Fsp3) is 0.875. The number of rotatable bonds is 3. The number of piperazine rings is 1. The molecule has 1 N–H and O–H groups in total. The third-order valence-corrected chi connectivity index (χ3v) is 3.29. The van der Waals surface area contributed by atoms with Crippen molar-refractivity contribution in [2.75, 3.05) is 31.6 Å². The van der Waals surface area contributed by atoms with Crippen LogP contribution < -0.4 is 5.32 Å². The lowest BCUT2D eigenvalue weighted by Crippen LogP contribution is -2.53. The first kappa shape index (κ1) is 11.5. The van der Waals surface area contributed by atoms with E-state index < -0.39 is 9.84 Å². The Hall–Kier alpha value is -0.620. The minimum Gasteiger partial charge on any atom is -0.337 e. The highest BCUT2D eigenvalue weighted by molar-refractivity contribution is 7.90. The Kier molecular flexibility index (Phi) is 3.49. The molecule has 1 amide bonds. The van der Waals surface area contributed by atoms with E-state index in [4.69, 9.17) is 0 Å². The number of sulfone groups is 1. The first-order valence-corrected chi connectivity index (χ1v) is 6.64. The van der Waals surface area contributed by atoms with E-state index in [0.717, 1.165) is 6.54 Å². The van der Waals surface area contributed by atoms with E-state index in [-0.39, 0.29) is 17.7 Å². The molecule has 6 heteroatoms. The summed E-state index contributed by atoms with van der Waals surface area (Å²) in [7, 11) is -3.01. The summed E-state index contributed by atoms with van der Waals surface area (Å²) in [6.45, 7) is 3.41. The molecule has 0 aromatic heterocycles. The van der Waals surface area contributed by atoms with Crippen LogP contribution in [-0.4, -0.2) is 56.9 Å². The highest BCUT2D eigenvalue weighted by Crippen LogP contribution is 2.04. The van der Waals surface area contributed by atoms with Crippen molar-refractivity contribution in [2.45, 2.75) is 13.0 Å². The highest BCUT2D eigenvalue weighted by atomic mass is 32.2. The van der Waals surface area contributed by atoms with Crippen molar-refractivity contribution in [1.82, 2.24) is 10.2 Å². The van der Waals surface area contributed by atoms with Crippen molar-refractivity contribution in [3.05, 3.63) is 0 Å². The largest absolute Gasteiger partial charge is 0.337 e. The lowest BCUT2D eigenvalue weighted by molar-refractivity contribution is -0.133. The zero-order valence-corrected chi connectivity index (χ0v) is 9.30. The number of carbonyl (C=O) groups excluding carboxylic acids is 1. The van der Waals surface area contributed by atoms with Crippen LogP contribution in [0.4, 0.5) is 0 Å². The Morgan fingerprint density at radius 3 is 2.71 bits per heavy atom. The minimum absolute atomic E-state index is 0.0209. The summed E-state index contributed by atoms with van der Waals surface area (Å²) in [5.41, 5.74) is 0. The van der Waals surface area contributed by atoms with Crippen LogP contribution in [0.15, 0.2) is 0 Å². The van der Waals surface area contributed by atoms with Gasteiger partial charge in [-0.15, -0.1) is 0 Å². The van der Waals surface area contributed by atoms with E-state index in [0.29, 0.717) is 13.1 Å². The zero-order valence-electron chi connectivity index (χ0n) is 8.49. The molecule has 14 heavy (non-hydrogen) atoms. The first-order chi connectivity index (χ1) is 6.40. The Morgan fingerprint density at radius 1 is 1.57 bits per heavy atom. The average molecular weight is 220 g/mol. The number of carbonyl (C=O) groups is 1. The Morgan fingerprint density at radius 2 is 2.21 bits per heavy atom. The zero-order chi connectivity index (χ0) is 10.8. The molecule has 0 aromatic rings. The monoisotopic (exact) mass is 220 g/mol. The highest BCUT2D eigenvalue weighted by Gasteiger charge is 2.24. The maximum absolute atomic E-state index is 11.4. The molecule has 1 fully saturated rings. The van der Waals surface area contributed by atoms with Crippen LogP contribution in [0.25, 0.3) is 0 Å². The van der Waals surface area contributed by atoms with Gasteiger partial charge in [-0.3, -0.25) is 4.79 Å². The van der Waals surface area contributed by atoms with E-state index in [9.17, 15) is 13.2 Å². The van der Waals surface area contributed by atoms with Gasteiger partial charge in [-0.25, -0.2) is 8.42 Å². The predicted molar refractivity (Wildman–Crippen MR) is 53.8 cm³/mol. The molecular formula is C8H16N2O3S. The summed E-state index contributed by atoms with van der Waals surface area (Å²) in [5.74, 6) is 0.0195. The Balaban J connectivity index is 2.59. The molecule has 1 atom stereocenters. The maximum Gasteiger partial charge on any atom is 0.236 e. The van der Waals surface area contributed by atoms with Crippen LogP contribution in [0.3, 0.4) is 0 Å². The minimum atomic E-state index is -3.01. The van der Waals surface area contributed by atoms with Gasteiger partial charge in [0.15, 0.2) is 0 Å². The van der Waals surface area contributed by atoms with Crippen molar-refractivity contribution < 1.29 is 13.2 Å². The van der Waals surface area contributed by atoms with Gasteiger partial charge in [0.25, 0.3) is 0 Å². The lowest BCUT2D eigenvalue weighted by Gasteiger charge is -2.32. The number of nitrogens with one attached hydrogen (secondary N) is 1. The topological polar surface area (TPSA) is 66.5 Å². The SMILES string of the molecule is CC(CS(C)(=O)=O)N1CCNCC1=O. The maximum atomic E-state index is 11.4. The van der Waals surface area contributed by atoms with Gasteiger partial charge in [-0.05, 0) is 6.92 Å². The van der Waals surface area contributed by atoms with Crippen LogP contribution >= 0.6 is 0 Å². The molecule has 0 bridgehead atoms. The molecule has 0 spiro atoms. The van der Waals surface area contributed by atoms with Crippen LogP contribution in [0.5, 0.6) is 0 Å². The smallest absolute Gasteiger partial charge is 0.236 e. The summed E-state index contributed by atoms with van der Waals surface area (Å²) in [5, 5.41) is 2.94. The fourth-order valence-electron chi connectivity index (χ4n) is 1.62. The molecule has 1 unspecified atom stereocenters. The number of hydrogen-bond donors (Lipinski definition) is 1. The van der Waals surface area contributed by atoms with Gasteiger partial charge in [0, 0.05) is 25.4 Å². The molecular weight excluding hydrogens is 204 g/mol. The van der Waals surface area contributed by atoms with Crippen molar-refractivity contribution >= 4 is 15.7 Å². The van der Waals surface area contributed by atoms with Gasteiger partial charge in [0.2, 0.25) is 5.91 Å². The molecule has 1 rings (SSSR count). The van der Waals surface area contributed by atoms with Crippen molar-refractivity contribution in [2.24, 2.45) is 0 Å². The molecule has 5 nitrogen and oxygen atoms in total. The van der Waals surface area contributed by atoms with Gasteiger partial charge in [0.05, 0.1) is 12.3 Å². The third-order valence-electron chi connectivity index (χ3n) is 2.20. The van der Waals surface area contributed by atoms with Crippen molar-refractivity contribution in [3.63, 3.8) is 0 Å². The summed E-state index contributed by atoms with van der Waals surface area (Å²) < 4.78 is 22.1. The quantitative estimate of drug-likeness (QED) is 0.652. The van der Waals surface area contributed by atoms with Gasteiger partial charge in [-0.1, -0.05) is 0 Å². The van der Waals surface area contributed by atoms with Crippen LogP contribution in [0, 0.1) is 0 Å². The predicted octanol–water partition coefficient (Wildman–Crippen LogP) is -1.15. The van der Waals surface area contributed by atoms with Crippen molar-refractivity contribution in [1.29, 1.82) is 0 Å². The molecule has 1 heterocycles. The second-order valence-electron chi connectivity index (χ2n) is 3.71. The van der Waals surface area contributed by atoms with Crippen LogP contribution in [-0.2, 0) is 14.6 Å². The summed E-state index contributed by atoms with van der Waals surface area (Å²) in [6, 6.07) is -0.223. The van der Waals surface area contributed by atoms with Crippen molar-refractivity contribution in [3.8, 4) is 0 Å². The molecule has 0 aromatic carbocycles. The standard InChI is InChI=1S/C8H16N2O3S/c1-7(6-14(2,12)13)10-4-3-9-5-8(10)11/h7,9H,3-6H2,1-2H3. The molecule has 82 valence electrons. The Labute approximate surface area is 84.4 Å². The van der Waals surface area contributed by atoms with E-state index in [1.165, 1.54) is 6.26 Å². The summed E-state index contributed by atoms with van der Waals surface area (Å²) in [4.78, 5) is 13.0. The second kappa shape index (κ2) is 4.27. The van der Waals surface area contributed by atoms with Gasteiger partial charge in [0.1, 0.15) is 9.84 Å². The molecule has 1 aliphatic heterocycles. The van der Waals surface area contributed by atoms with E-state index in [2.05, 4.69) is 5.32 Å². The summed E-state index contributed by atoms with van der Waals surface area (Å²) >= 11 is 0. The normalized spacial score (nSPS) is 21.0.